The SMILES string of the molecule is CC1CCN(CCS(C)(=O)=O)CCCN1. The van der Waals surface area contributed by atoms with E-state index in [-0.39, 0.29) is 5.75 Å². The molecule has 0 radical (unpaired) electrons. The molecule has 0 aliphatic carbocycles. The van der Waals surface area contributed by atoms with Gasteiger partial charge in [0.2, 0.25) is 0 Å². The molecule has 1 aliphatic rings. The molecule has 5 heteroatoms. The average Bonchev–Trinajstić information content (AvgIpc) is 2.09. The maximum atomic E-state index is 11.1. The van der Waals surface area contributed by atoms with Crippen molar-refractivity contribution < 1.29 is 8.42 Å². The van der Waals surface area contributed by atoms with E-state index in [0.717, 1.165) is 32.5 Å². The Morgan fingerprint density at radius 2 is 2.13 bits per heavy atom. The number of sulfone groups is 1. The molecule has 0 amide bonds. The largest absolute Gasteiger partial charge is 0.314 e. The molecule has 0 aromatic carbocycles. The summed E-state index contributed by atoms with van der Waals surface area (Å²) in [6.45, 7) is 5.92. The zero-order valence-electron chi connectivity index (χ0n) is 9.70. The predicted octanol–water partition coefficient (Wildman–Crippen LogP) is 0.105. The van der Waals surface area contributed by atoms with E-state index < -0.39 is 9.84 Å². The van der Waals surface area contributed by atoms with Gasteiger partial charge in [-0.3, -0.25) is 0 Å². The van der Waals surface area contributed by atoms with Gasteiger partial charge < -0.3 is 10.2 Å². The summed E-state index contributed by atoms with van der Waals surface area (Å²) in [6, 6.07) is 0.547. The second kappa shape index (κ2) is 5.82. The Hall–Kier alpha value is -0.130. The zero-order chi connectivity index (χ0) is 11.3. The molecule has 0 saturated carbocycles. The molecule has 1 saturated heterocycles. The van der Waals surface area contributed by atoms with E-state index in [4.69, 9.17) is 0 Å². The van der Waals surface area contributed by atoms with Crippen molar-refractivity contribution in [1.82, 2.24) is 10.2 Å². The van der Waals surface area contributed by atoms with Gasteiger partial charge in [0.1, 0.15) is 9.84 Å². The molecule has 1 rings (SSSR count). The molecule has 1 atom stereocenters. The van der Waals surface area contributed by atoms with Crippen molar-refractivity contribution in [3.8, 4) is 0 Å². The Morgan fingerprint density at radius 3 is 2.80 bits per heavy atom. The summed E-state index contributed by atoms with van der Waals surface area (Å²) in [6.07, 6.45) is 3.51. The monoisotopic (exact) mass is 234 g/mol. The number of hydrogen-bond acceptors (Lipinski definition) is 4. The van der Waals surface area contributed by atoms with Crippen molar-refractivity contribution in [2.24, 2.45) is 0 Å². The Kier molecular flexibility index (Phi) is 5.02. The minimum atomic E-state index is -2.82. The first-order valence-corrected chi connectivity index (χ1v) is 7.67. The van der Waals surface area contributed by atoms with Crippen molar-refractivity contribution in [3.63, 3.8) is 0 Å². The molecule has 1 N–H and O–H groups in total. The fourth-order valence-corrected chi connectivity index (χ4v) is 2.35. The molecule has 1 unspecified atom stereocenters. The maximum Gasteiger partial charge on any atom is 0.148 e. The van der Waals surface area contributed by atoms with E-state index in [0.29, 0.717) is 12.6 Å². The molecule has 0 aromatic heterocycles. The van der Waals surface area contributed by atoms with E-state index >= 15 is 0 Å². The van der Waals surface area contributed by atoms with Crippen LogP contribution in [0.25, 0.3) is 0 Å². The summed E-state index contributed by atoms with van der Waals surface area (Å²) in [7, 11) is -2.82. The zero-order valence-corrected chi connectivity index (χ0v) is 10.5. The summed E-state index contributed by atoms with van der Waals surface area (Å²) in [5, 5.41) is 3.43. The fourth-order valence-electron chi connectivity index (χ4n) is 1.76. The molecule has 1 aliphatic heterocycles. The highest BCUT2D eigenvalue weighted by molar-refractivity contribution is 7.90. The van der Waals surface area contributed by atoms with Gasteiger partial charge in [0.25, 0.3) is 0 Å². The van der Waals surface area contributed by atoms with Crippen LogP contribution < -0.4 is 5.32 Å². The van der Waals surface area contributed by atoms with Gasteiger partial charge in [-0.05, 0) is 39.4 Å². The molecule has 0 spiro atoms. The molecule has 0 aromatic rings. The van der Waals surface area contributed by atoms with Crippen LogP contribution in [0.4, 0.5) is 0 Å². The van der Waals surface area contributed by atoms with E-state index in [1.807, 2.05) is 0 Å². The third-order valence-electron chi connectivity index (χ3n) is 2.80. The summed E-state index contributed by atoms with van der Waals surface area (Å²) < 4.78 is 22.1. The van der Waals surface area contributed by atoms with Gasteiger partial charge in [0.15, 0.2) is 0 Å². The smallest absolute Gasteiger partial charge is 0.148 e. The highest BCUT2D eigenvalue weighted by Crippen LogP contribution is 2.02. The van der Waals surface area contributed by atoms with E-state index in [9.17, 15) is 8.42 Å². The van der Waals surface area contributed by atoms with Gasteiger partial charge in [-0.2, -0.15) is 0 Å². The highest BCUT2D eigenvalue weighted by atomic mass is 32.2. The first-order chi connectivity index (χ1) is 6.97. The highest BCUT2D eigenvalue weighted by Gasteiger charge is 2.13. The molecule has 1 heterocycles. The minimum Gasteiger partial charge on any atom is -0.314 e. The van der Waals surface area contributed by atoms with Crippen molar-refractivity contribution >= 4 is 9.84 Å². The summed E-state index contributed by atoms with van der Waals surface area (Å²) in [5.74, 6) is 0.287. The van der Waals surface area contributed by atoms with Gasteiger partial charge in [-0.25, -0.2) is 8.42 Å². The number of rotatable bonds is 3. The maximum absolute atomic E-state index is 11.1. The second-order valence-corrected chi connectivity index (χ2v) is 6.73. The predicted molar refractivity (Wildman–Crippen MR) is 62.8 cm³/mol. The molecule has 4 nitrogen and oxygen atoms in total. The Bertz CT molecular complexity index is 277. The molecular weight excluding hydrogens is 212 g/mol. The lowest BCUT2D eigenvalue weighted by Gasteiger charge is -2.27. The average molecular weight is 234 g/mol. The van der Waals surface area contributed by atoms with Crippen LogP contribution in [0.5, 0.6) is 0 Å². The van der Waals surface area contributed by atoms with Crippen molar-refractivity contribution in [2.45, 2.75) is 25.8 Å². The van der Waals surface area contributed by atoms with Gasteiger partial charge in [0.05, 0.1) is 5.75 Å². The first kappa shape index (κ1) is 12.9. The molecule has 1 fully saturated rings. The van der Waals surface area contributed by atoms with E-state index in [2.05, 4.69) is 17.1 Å². The molecular formula is C10H22N2O2S. The Labute approximate surface area is 93.0 Å². The normalized spacial score (nSPS) is 25.9. The lowest BCUT2D eigenvalue weighted by Crippen LogP contribution is -2.40. The Morgan fingerprint density at radius 1 is 1.40 bits per heavy atom. The third-order valence-corrected chi connectivity index (χ3v) is 3.72. The standard InChI is InChI=1S/C10H22N2O2S/c1-10-4-7-12(6-3-5-11-10)8-9-15(2,13)14/h10-11H,3-9H2,1-2H3. The van der Waals surface area contributed by atoms with Crippen LogP contribution in [0, 0.1) is 0 Å². The van der Waals surface area contributed by atoms with Crippen LogP contribution in [-0.4, -0.2) is 57.5 Å². The lowest BCUT2D eigenvalue weighted by atomic mass is 10.2. The van der Waals surface area contributed by atoms with E-state index in [1.54, 1.807) is 0 Å². The lowest BCUT2D eigenvalue weighted by molar-refractivity contribution is 0.248. The van der Waals surface area contributed by atoms with Gasteiger partial charge in [-0.1, -0.05) is 0 Å². The summed E-state index contributed by atoms with van der Waals surface area (Å²) in [5.41, 5.74) is 0. The molecule has 90 valence electrons. The quantitative estimate of drug-likeness (QED) is 0.753. The van der Waals surface area contributed by atoms with Crippen LogP contribution in [-0.2, 0) is 9.84 Å². The van der Waals surface area contributed by atoms with Crippen molar-refractivity contribution in [3.05, 3.63) is 0 Å². The van der Waals surface area contributed by atoms with Crippen LogP contribution >= 0.6 is 0 Å². The van der Waals surface area contributed by atoms with Gasteiger partial charge >= 0.3 is 0 Å². The molecule has 15 heavy (non-hydrogen) atoms. The summed E-state index contributed by atoms with van der Waals surface area (Å²) in [4.78, 5) is 2.26. The number of hydrogen-bond donors (Lipinski definition) is 1. The fraction of sp³-hybridized carbons (Fsp3) is 1.00. The van der Waals surface area contributed by atoms with Crippen LogP contribution in [0.1, 0.15) is 19.8 Å². The Balaban J connectivity index is 2.33. The van der Waals surface area contributed by atoms with Gasteiger partial charge in [-0.15, -0.1) is 0 Å². The van der Waals surface area contributed by atoms with Crippen LogP contribution in [0.15, 0.2) is 0 Å². The number of nitrogens with zero attached hydrogens (tertiary/aromatic N) is 1. The second-order valence-electron chi connectivity index (χ2n) is 4.47. The topological polar surface area (TPSA) is 49.4 Å². The minimum absolute atomic E-state index is 0.287. The van der Waals surface area contributed by atoms with E-state index in [1.165, 1.54) is 6.26 Å². The first-order valence-electron chi connectivity index (χ1n) is 5.61. The van der Waals surface area contributed by atoms with Crippen molar-refractivity contribution in [2.75, 3.05) is 38.2 Å². The third kappa shape index (κ3) is 6.12. The van der Waals surface area contributed by atoms with Crippen LogP contribution in [0.3, 0.4) is 0 Å². The van der Waals surface area contributed by atoms with Crippen molar-refractivity contribution in [1.29, 1.82) is 0 Å². The van der Waals surface area contributed by atoms with Crippen LogP contribution in [0.2, 0.25) is 0 Å². The molecule has 0 bridgehead atoms. The van der Waals surface area contributed by atoms with Gasteiger partial charge in [0, 0.05) is 18.8 Å². The summed E-state index contributed by atoms with van der Waals surface area (Å²) >= 11 is 0. The number of nitrogens with one attached hydrogen (secondary N) is 1.